The molecule has 0 radical (unpaired) electrons. The van der Waals surface area contributed by atoms with Crippen LogP contribution < -0.4 is 14.2 Å². The van der Waals surface area contributed by atoms with Gasteiger partial charge in [0.1, 0.15) is 0 Å². The van der Waals surface area contributed by atoms with E-state index in [2.05, 4.69) is 41.3 Å². The number of fused-ring (bicyclic) bond motifs is 2. The molecule has 0 saturated carbocycles. The van der Waals surface area contributed by atoms with Gasteiger partial charge in [-0.1, -0.05) is 13.0 Å². The molecule has 32 heavy (non-hydrogen) atoms. The highest BCUT2D eigenvalue weighted by atomic mass is 35.5. The van der Waals surface area contributed by atoms with E-state index in [0.717, 1.165) is 35.9 Å². The fourth-order valence-corrected chi connectivity index (χ4v) is 4.32. The predicted octanol–water partition coefficient (Wildman–Crippen LogP) is 3.30. The molecule has 0 bridgehead atoms. The van der Waals surface area contributed by atoms with Crippen molar-refractivity contribution in [1.29, 1.82) is 0 Å². The molecule has 1 aliphatic heterocycles. The Morgan fingerprint density at radius 2 is 1.94 bits per heavy atom. The van der Waals surface area contributed by atoms with Crippen LogP contribution in [0.4, 0.5) is 0 Å². The van der Waals surface area contributed by atoms with Crippen LogP contribution in [0.1, 0.15) is 28.4 Å². The molecular weight excluding hydrogens is 454 g/mol. The molecule has 0 saturated heterocycles. The number of aromatic nitrogens is 1. The van der Waals surface area contributed by atoms with Crippen LogP contribution in [0, 0.1) is 0 Å². The highest BCUT2D eigenvalue weighted by molar-refractivity contribution is 7.86. The number of H-pyrrole nitrogens is 1. The number of benzene rings is 2. The second-order valence-corrected chi connectivity index (χ2v) is 9.29. The normalized spacial score (nSPS) is 13.1. The molecule has 172 valence electrons. The van der Waals surface area contributed by atoms with E-state index >= 15 is 0 Å². The Balaban J connectivity index is 0.00000289. The molecule has 2 N–H and O–H groups in total. The van der Waals surface area contributed by atoms with E-state index < -0.39 is 10.1 Å². The molecule has 0 atom stereocenters. The summed E-state index contributed by atoms with van der Waals surface area (Å²) in [6.07, 6.45) is 0.961. The molecular formula is C22H26ClN3O5S. The van der Waals surface area contributed by atoms with Crippen LogP contribution in [0.5, 0.6) is 11.5 Å². The first-order valence-corrected chi connectivity index (χ1v) is 11.7. The number of methoxy groups -OCH3 is 1. The monoisotopic (exact) mass is 479 g/mol. The van der Waals surface area contributed by atoms with Crippen LogP contribution >= 0.6 is 12.4 Å². The average Bonchev–Trinajstić information content (AvgIpc) is 3.31. The van der Waals surface area contributed by atoms with Gasteiger partial charge >= 0.3 is 10.1 Å². The zero-order chi connectivity index (χ0) is 22.3. The van der Waals surface area contributed by atoms with Crippen LogP contribution in [0.25, 0.3) is 22.2 Å². The number of amides is 1. The van der Waals surface area contributed by atoms with Crippen molar-refractivity contribution in [3.8, 4) is 22.8 Å². The van der Waals surface area contributed by atoms with Crippen LogP contribution in [0.2, 0.25) is 0 Å². The number of rotatable bonds is 7. The number of ether oxygens (including phenoxy) is 1. The SMILES string of the molecule is CCN(C)Cc1ccc2[nH]c(-c3cc(OC)c(OS(C)(=O)=O)c4c3C(=O)NC4)cc2c1.Cl. The van der Waals surface area contributed by atoms with Crippen LogP contribution in [-0.2, 0) is 23.2 Å². The van der Waals surface area contributed by atoms with E-state index in [-0.39, 0.29) is 36.4 Å². The number of hydrogen-bond acceptors (Lipinski definition) is 6. The maximum Gasteiger partial charge on any atom is 0.306 e. The quantitative estimate of drug-likeness (QED) is 0.504. The molecule has 3 aromatic rings. The molecule has 4 rings (SSSR count). The topological polar surface area (TPSA) is 101 Å². The van der Waals surface area contributed by atoms with Gasteiger partial charge in [0, 0.05) is 40.8 Å². The van der Waals surface area contributed by atoms with Gasteiger partial charge in [-0.25, -0.2) is 0 Å². The third-order valence-electron chi connectivity index (χ3n) is 5.42. The highest BCUT2D eigenvalue weighted by Gasteiger charge is 2.31. The van der Waals surface area contributed by atoms with Gasteiger partial charge in [-0.05, 0) is 43.4 Å². The lowest BCUT2D eigenvalue weighted by atomic mass is 9.98. The van der Waals surface area contributed by atoms with Crippen LogP contribution in [0.3, 0.4) is 0 Å². The fraction of sp³-hybridized carbons (Fsp3) is 0.318. The van der Waals surface area contributed by atoms with Crippen LogP contribution in [0.15, 0.2) is 30.3 Å². The van der Waals surface area contributed by atoms with Crippen molar-refractivity contribution in [1.82, 2.24) is 15.2 Å². The molecule has 0 unspecified atom stereocenters. The number of nitrogens with zero attached hydrogens (tertiary/aromatic N) is 1. The Kier molecular flexibility index (Phi) is 6.73. The van der Waals surface area contributed by atoms with Crippen molar-refractivity contribution < 1.29 is 22.1 Å². The Morgan fingerprint density at radius 1 is 1.19 bits per heavy atom. The van der Waals surface area contributed by atoms with Crippen molar-refractivity contribution >= 4 is 39.3 Å². The van der Waals surface area contributed by atoms with Crippen molar-refractivity contribution in [2.24, 2.45) is 0 Å². The van der Waals surface area contributed by atoms with Gasteiger partial charge in [-0.2, -0.15) is 8.42 Å². The van der Waals surface area contributed by atoms with E-state index in [9.17, 15) is 13.2 Å². The van der Waals surface area contributed by atoms with Crippen molar-refractivity contribution in [2.75, 3.05) is 27.0 Å². The number of hydrogen-bond donors (Lipinski definition) is 2. The molecule has 1 amide bonds. The molecule has 2 heterocycles. The molecule has 8 nitrogen and oxygen atoms in total. The lowest BCUT2D eigenvalue weighted by Crippen LogP contribution is -2.16. The minimum Gasteiger partial charge on any atom is -0.493 e. The zero-order valence-corrected chi connectivity index (χ0v) is 19.9. The maximum absolute atomic E-state index is 12.6. The minimum atomic E-state index is -3.79. The number of halogens is 1. The summed E-state index contributed by atoms with van der Waals surface area (Å²) in [5.41, 5.74) is 4.37. The molecule has 0 spiro atoms. The Hall–Kier alpha value is -2.75. The van der Waals surface area contributed by atoms with E-state index in [1.165, 1.54) is 12.7 Å². The van der Waals surface area contributed by atoms with Gasteiger partial charge < -0.3 is 24.1 Å². The second-order valence-electron chi connectivity index (χ2n) is 7.71. The summed E-state index contributed by atoms with van der Waals surface area (Å²) < 4.78 is 34.1. The first-order valence-electron chi connectivity index (χ1n) is 9.92. The minimum absolute atomic E-state index is 0. The summed E-state index contributed by atoms with van der Waals surface area (Å²) in [4.78, 5) is 18.2. The van der Waals surface area contributed by atoms with E-state index in [1.807, 2.05) is 12.1 Å². The van der Waals surface area contributed by atoms with E-state index in [4.69, 9.17) is 8.92 Å². The second kappa shape index (κ2) is 9.01. The number of carbonyl (C=O) groups is 1. The van der Waals surface area contributed by atoms with Gasteiger partial charge in [0.25, 0.3) is 5.91 Å². The smallest absolute Gasteiger partial charge is 0.306 e. The Bertz CT molecular complexity index is 1290. The summed E-state index contributed by atoms with van der Waals surface area (Å²) in [5, 5.41) is 3.78. The largest absolute Gasteiger partial charge is 0.493 e. The Labute approximate surface area is 193 Å². The number of carbonyl (C=O) groups excluding carboxylic acids is 1. The average molecular weight is 480 g/mol. The van der Waals surface area contributed by atoms with Gasteiger partial charge in [-0.15, -0.1) is 12.4 Å². The third kappa shape index (κ3) is 4.55. The van der Waals surface area contributed by atoms with Gasteiger partial charge in [0.2, 0.25) is 0 Å². The zero-order valence-electron chi connectivity index (χ0n) is 18.3. The van der Waals surface area contributed by atoms with Gasteiger partial charge in [0.05, 0.1) is 18.9 Å². The molecule has 10 heteroatoms. The summed E-state index contributed by atoms with van der Waals surface area (Å²) in [6, 6.07) is 9.86. The standard InChI is InChI=1S/C22H25N3O5S.ClH/c1-5-25(2)12-13-6-7-17-14(8-13)9-18(24-17)15-10-19(29-3)21(30-31(4,27)28)16-11-23-22(26)20(15)16;/h6-10,24H,5,11-12H2,1-4H3,(H,23,26);1H. The summed E-state index contributed by atoms with van der Waals surface area (Å²) in [6.45, 7) is 4.08. The first-order chi connectivity index (χ1) is 14.7. The molecule has 2 aromatic carbocycles. The van der Waals surface area contributed by atoms with Gasteiger partial charge in [-0.3, -0.25) is 4.79 Å². The lowest BCUT2D eigenvalue weighted by Gasteiger charge is -2.15. The van der Waals surface area contributed by atoms with Gasteiger partial charge in [0.15, 0.2) is 11.5 Å². The maximum atomic E-state index is 12.6. The summed E-state index contributed by atoms with van der Waals surface area (Å²) in [5.74, 6) is 0.0117. The van der Waals surface area contributed by atoms with Crippen molar-refractivity contribution in [2.45, 2.75) is 20.0 Å². The highest BCUT2D eigenvalue weighted by Crippen LogP contribution is 2.43. The number of aromatic amines is 1. The summed E-state index contributed by atoms with van der Waals surface area (Å²) in [7, 11) is -0.287. The summed E-state index contributed by atoms with van der Waals surface area (Å²) >= 11 is 0. The molecule has 0 aliphatic carbocycles. The molecule has 1 aromatic heterocycles. The predicted molar refractivity (Wildman–Crippen MR) is 126 cm³/mol. The lowest BCUT2D eigenvalue weighted by molar-refractivity contribution is 0.0966. The third-order valence-corrected chi connectivity index (χ3v) is 5.89. The van der Waals surface area contributed by atoms with Crippen molar-refractivity contribution in [3.05, 3.63) is 47.0 Å². The number of nitrogens with one attached hydrogen (secondary N) is 2. The van der Waals surface area contributed by atoms with E-state index in [1.54, 1.807) is 6.07 Å². The van der Waals surface area contributed by atoms with E-state index in [0.29, 0.717) is 16.7 Å². The first kappa shape index (κ1) is 23.9. The molecule has 1 aliphatic rings. The van der Waals surface area contributed by atoms with Crippen molar-refractivity contribution in [3.63, 3.8) is 0 Å². The van der Waals surface area contributed by atoms with Crippen LogP contribution in [-0.4, -0.2) is 51.2 Å². The molecule has 0 fully saturated rings. The fourth-order valence-electron chi connectivity index (χ4n) is 3.83. The Morgan fingerprint density at radius 3 is 2.59 bits per heavy atom.